The largest absolute Gasteiger partial charge is 0.461 e. The van der Waals surface area contributed by atoms with Crippen LogP contribution in [0, 0.1) is 10.1 Å². The highest BCUT2D eigenvalue weighted by atomic mass is 16.6. The van der Waals surface area contributed by atoms with E-state index in [1.54, 1.807) is 0 Å². The van der Waals surface area contributed by atoms with Crippen molar-refractivity contribution in [3.8, 4) is 0 Å². The molecule has 1 radical (unpaired) electrons. The molecule has 0 aliphatic carbocycles. The lowest BCUT2D eigenvalue weighted by atomic mass is 10.0. The van der Waals surface area contributed by atoms with E-state index < -0.39 is 28.6 Å². The van der Waals surface area contributed by atoms with E-state index in [4.69, 9.17) is 9.47 Å². The first kappa shape index (κ1) is 20.8. The molecule has 0 saturated heterocycles. The Morgan fingerprint density at radius 1 is 1.35 bits per heavy atom. The lowest BCUT2D eigenvalue weighted by Crippen LogP contribution is -2.34. The van der Waals surface area contributed by atoms with Gasteiger partial charge in [0.2, 0.25) is 6.10 Å². The molecular formula is C17H18NO8. The maximum absolute atomic E-state index is 12.3. The molecule has 1 rings (SSSR count). The van der Waals surface area contributed by atoms with Crippen LogP contribution in [0.25, 0.3) is 0 Å². The topological polar surface area (TPSA) is 122 Å². The molecule has 26 heavy (non-hydrogen) atoms. The summed E-state index contributed by atoms with van der Waals surface area (Å²) in [5.41, 5.74) is -1.27. The number of nitrogens with zero attached hydrogens (tertiary/aromatic N) is 1. The second kappa shape index (κ2) is 9.30. The van der Waals surface area contributed by atoms with Crippen LogP contribution >= 0.6 is 0 Å². The number of carbonyl (C=O) groups excluding carboxylic acids is 3. The number of ether oxygens (including phenoxy) is 3. The van der Waals surface area contributed by atoms with Gasteiger partial charge in [-0.15, -0.1) is 0 Å². The third-order valence-electron chi connectivity index (χ3n) is 3.10. The highest BCUT2D eigenvalue weighted by Crippen LogP contribution is 2.25. The van der Waals surface area contributed by atoms with E-state index in [0.717, 1.165) is 18.6 Å². The van der Waals surface area contributed by atoms with Gasteiger partial charge in [0.1, 0.15) is 12.2 Å². The lowest BCUT2D eigenvalue weighted by Gasteiger charge is -2.26. The monoisotopic (exact) mass is 364 g/mol. The Balaban J connectivity index is 2.87. The molecule has 139 valence electrons. The number of hydrogen-bond acceptors (Lipinski definition) is 8. The van der Waals surface area contributed by atoms with Crippen molar-refractivity contribution in [1.82, 2.24) is 0 Å². The van der Waals surface area contributed by atoms with E-state index in [-0.39, 0.29) is 24.3 Å². The number of non-ortho nitro benzene ring substituents is 1. The van der Waals surface area contributed by atoms with Gasteiger partial charge in [-0.3, -0.25) is 14.9 Å². The molecule has 1 atom stereocenters. The maximum Gasteiger partial charge on any atom is 0.418 e. The average Bonchev–Trinajstić information content (AvgIpc) is 2.56. The molecule has 1 aromatic carbocycles. The van der Waals surface area contributed by atoms with Gasteiger partial charge in [-0.05, 0) is 26.0 Å². The van der Waals surface area contributed by atoms with Crippen LogP contribution in [0.1, 0.15) is 31.9 Å². The summed E-state index contributed by atoms with van der Waals surface area (Å²) in [4.78, 5) is 44.6. The van der Waals surface area contributed by atoms with Gasteiger partial charge in [-0.1, -0.05) is 12.7 Å². The number of rotatable bonds is 10. The van der Waals surface area contributed by atoms with Crippen LogP contribution in [0.5, 0.6) is 0 Å². The fourth-order valence-corrected chi connectivity index (χ4v) is 1.98. The number of esters is 2. The SMILES string of the molecule is C=CCOC(=O)CC(C)(C)OC(=O)C(O[C]=O)c1ccc([N+](=O)[O-])cc1. The minimum absolute atomic E-state index is 0.0253. The minimum Gasteiger partial charge on any atom is -0.461 e. The molecule has 0 aliphatic rings. The van der Waals surface area contributed by atoms with Crippen molar-refractivity contribution in [2.75, 3.05) is 6.61 Å². The number of hydrogen-bond donors (Lipinski definition) is 0. The Bertz CT molecular complexity index is 681. The van der Waals surface area contributed by atoms with E-state index in [1.807, 2.05) is 0 Å². The summed E-state index contributed by atoms with van der Waals surface area (Å²) in [6, 6.07) is 4.82. The summed E-state index contributed by atoms with van der Waals surface area (Å²) < 4.78 is 14.7. The second-order valence-electron chi connectivity index (χ2n) is 5.76. The molecule has 1 aromatic rings. The third kappa shape index (κ3) is 6.34. The standard InChI is InChI=1S/C17H18NO8/c1-4-9-24-14(20)10-17(2,3)26-16(21)15(25-11-19)12-5-7-13(8-6-12)18(22)23/h4-8,15H,1,9-10H2,2-3H3. The van der Waals surface area contributed by atoms with Crippen molar-refractivity contribution in [2.24, 2.45) is 0 Å². The van der Waals surface area contributed by atoms with Crippen molar-refractivity contribution in [1.29, 1.82) is 0 Å². The molecule has 1 unspecified atom stereocenters. The lowest BCUT2D eigenvalue weighted by molar-refractivity contribution is -0.384. The van der Waals surface area contributed by atoms with E-state index >= 15 is 0 Å². The van der Waals surface area contributed by atoms with Crippen molar-refractivity contribution < 1.29 is 33.5 Å². The zero-order chi connectivity index (χ0) is 19.7. The summed E-state index contributed by atoms with van der Waals surface area (Å²) in [5.74, 6) is -1.55. The molecule has 0 fully saturated rings. The Morgan fingerprint density at radius 3 is 2.46 bits per heavy atom. The smallest absolute Gasteiger partial charge is 0.418 e. The van der Waals surface area contributed by atoms with Crippen LogP contribution in [0.4, 0.5) is 5.69 Å². The predicted octanol–water partition coefficient (Wildman–Crippen LogP) is 2.16. The van der Waals surface area contributed by atoms with Gasteiger partial charge in [0.25, 0.3) is 5.69 Å². The van der Waals surface area contributed by atoms with Crippen LogP contribution in [0.2, 0.25) is 0 Å². The van der Waals surface area contributed by atoms with E-state index in [2.05, 4.69) is 11.3 Å². The highest BCUT2D eigenvalue weighted by Gasteiger charge is 2.33. The van der Waals surface area contributed by atoms with Crippen molar-refractivity contribution in [2.45, 2.75) is 32.0 Å². The Hall–Kier alpha value is -3.23. The number of carbonyl (C=O) groups is 2. The average molecular weight is 364 g/mol. The van der Waals surface area contributed by atoms with Crippen molar-refractivity contribution in [3.05, 3.63) is 52.6 Å². The van der Waals surface area contributed by atoms with Gasteiger partial charge < -0.3 is 14.2 Å². The van der Waals surface area contributed by atoms with Crippen LogP contribution in [0.15, 0.2) is 36.9 Å². The Kier molecular flexibility index (Phi) is 7.45. The van der Waals surface area contributed by atoms with Crippen LogP contribution in [-0.4, -0.2) is 35.5 Å². The van der Waals surface area contributed by atoms with E-state index in [0.29, 0.717) is 0 Å². The first-order valence-corrected chi connectivity index (χ1v) is 7.46. The summed E-state index contributed by atoms with van der Waals surface area (Å²) in [6.07, 6.45) is -0.309. The van der Waals surface area contributed by atoms with Crippen molar-refractivity contribution in [3.63, 3.8) is 0 Å². The number of benzene rings is 1. The summed E-state index contributed by atoms with van der Waals surface area (Å²) in [6.45, 7) is 7.56. The zero-order valence-electron chi connectivity index (χ0n) is 14.3. The minimum atomic E-state index is -1.48. The molecule has 9 nitrogen and oxygen atoms in total. The van der Waals surface area contributed by atoms with Gasteiger partial charge >= 0.3 is 18.4 Å². The molecule has 0 amide bonds. The van der Waals surface area contributed by atoms with Gasteiger partial charge in [-0.2, -0.15) is 0 Å². The molecule has 0 N–H and O–H groups in total. The van der Waals surface area contributed by atoms with Crippen LogP contribution < -0.4 is 0 Å². The molecule has 0 spiro atoms. The van der Waals surface area contributed by atoms with E-state index in [9.17, 15) is 24.5 Å². The molecule has 9 heteroatoms. The van der Waals surface area contributed by atoms with Crippen molar-refractivity contribution >= 4 is 24.1 Å². The fourth-order valence-electron chi connectivity index (χ4n) is 1.98. The summed E-state index contributed by atoms with van der Waals surface area (Å²) in [5, 5.41) is 10.7. The quantitative estimate of drug-likeness (QED) is 0.203. The number of nitro benzene ring substituents is 1. The van der Waals surface area contributed by atoms with Gasteiger partial charge in [-0.25, -0.2) is 9.59 Å². The second-order valence-corrected chi connectivity index (χ2v) is 5.76. The van der Waals surface area contributed by atoms with Crippen LogP contribution in [-0.2, 0) is 28.6 Å². The highest BCUT2D eigenvalue weighted by molar-refractivity contribution is 5.79. The Labute approximate surface area is 149 Å². The summed E-state index contributed by atoms with van der Waals surface area (Å²) >= 11 is 0. The third-order valence-corrected chi connectivity index (χ3v) is 3.10. The van der Waals surface area contributed by atoms with Gasteiger partial charge in [0.15, 0.2) is 0 Å². The van der Waals surface area contributed by atoms with Crippen LogP contribution in [0.3, 0.4) is 0 Å². The van der Waals surface area contributed by atoms with Gasteiger partial charge in [0, 0.05) is 17.7 Å². The first-order valence-electron chi connectivity index (χ1n) is 7.46. The fraction of sp³-hybridized carbons (Fsp3) is 0.353. The number of nitro groups is 1. The zero-order valence-corrected chi connectivity index (χ0v) is 14.3. The Morgan fingerprint density at radius 2 is 1.96 bits per heavy atom. The molecule has 0 bridgehead atoms. The normalized spacial score (nSPS) is 11.8. The van der Waals surface area contributed by atoms with E-state index in [1.165, 1.54) is 32.1 Å². The molecule has 0 saturated carbocycles. The molecule has 0 aliphatic heterocycles. The first-order chi connectivity index (χ1) is 12.2. The maximum atomic E-state index is 12.3. The molecule has 0 heterocycles. The predicted molar refractivity (Wildman–Crippen MR) is 88.6 cm³/mol. The molecule has 0 aromatic heterocycles. The summed E-state index contributed by atoms with van der Waals surface area (Å²) in [7, 11) is 0. The van der Waals surface area contributed by atoms with Gasteiger partial charge in [0.05, 0.1) is 11.3 Å². The molecular weight excluding hydrogens is 346 g/mol.